The van der Waals surface area contributed by atoms with Gasteiger partial charge in [0.25, 0.3) is 0 Å². The third-order valence-electron chi connectivity index (χ3n) is 3.01. The standard InChI is InChI=1S/C9H16N2O2/c1-9(7-2-3-7)6-8(13)11(10-9)4-5-12/h7,10,12H,2-6H2,1H3. The molecule has 0 aromatic rings. The SMILES string of the molecule is CC1(C2CC2)CC(=O)N(CCO)N1. The van der Waals surface area contributed by atoms with Crippen LogP contribution in [0.25, 0.3) is 0 Å². The van der Waals surface area contributed by atoms with Crippen LogP contribution in [0.15, 0.2) is 0 Å². The van der Waals surface area contributed by atoms with E-state index >= 15 is 0 Å². The Labute approximate surface area is 77.9 Å². The number of hydrogen-bond acceptors (Lipinski definition) is 3. The van der Waals surface area contributed by atoms with E-state index in [1.54, 1.807) is 5.01 Å². The van der Waals surface area contributed by atoms with Crippen molar-refractivity contribution in [3.05, 3.63) is 0 Å². The number of carbonyl (C=O) groups is 1. The highest BCUT2D eigenvalue weighted by Crippen LogP contribution is 2.43. The second kappa shape index (κ2) is 2.96. The molecule has 1 heterocycles. The van der Waals surface area contributed by atoms with Gasteiger partial charge in [-0.25, -0.2) is 5.43 Å². The summed E-state index contributed by atoms with van der Waals surface area (Å²) in [5.74, 6) is 0.767. The van der Waals surface area contributed by atoms with E-state index in [2.05, 4.69) is 12.3 Å². The lowest BCUT2D eigenvalue weighted by Gasteiger charge is -2.25. The first-order valence-electron chi connectivity index (χ1n) is 4.85. The third kappa shape index (κ3) is 1.56. The van der Waals surface area contributed by atoms with Crippen molar-refractivity contribution in [2.45, 2.75) is 31.7 Å². The van der Waals surface area contributed by atoms with Gasteiger partial charge in [-0.3, -0.25) is 9.80 Å². The fraction of sp³-hybridized carbons (Fsp3) is 0.889. The van der Waals surface area contributed by atoms with Crippen LogP contribution in [0.1, 0.15) is 26.2 Å². The van der Waals surface area contributed by atoms with Gasteiger partial charge in [0.05, 0.1) is 13.2 Å². The van der Waals surface area contributed by atoms with Crippen LogP contribution < -0.4 is 5.43 Å². The number of aliphatic hydroxyl groups is 1. The maximum absolute atomic E-state index is 11.5. The number of hydrogen-bond donors (Lipinski definition) is 2. The normalized spacial score (nSPS) is 34.3. The van der Waals surface area contributed by atoms with Crippen LogP contribution in [0.2, 0.25) is 0 Å². The van der Waals surface area contributed by atoms with Crippen LogP contribution >= 0.6 is 0 Å². The molecule has 1 aliphatic carbocycles. The predicted molar refractivity (Wildman–Crippen MR) is 47.7 cm³/mol. The molecule has 2 rings (SSSR count). The number of nitrogens with one attached hydrogen (secondary N) is 1. The van der Waals surface area contributed by atoms with Crippen LogP contribution in [-0.2, 0) is 4.79 Å². The van der Waals surface area contributed by atoms with Crippen molar-refractivity contribution in [3.63, 3.8) is 0 Å². The molecule has 0 aromatic heterocycles. The highest BCUT2D eigenvalue weighted by atomic mass is 16.3. The number of β-amino-alcohol motifs (C(OH)–C–C–N with tert-alkyl or cyclic N) is 1. The molecule has 0 spiro atoms. The van der Waals surface area contributed by atoms with E-state index < -0.39 is 0 Å². The smallest absolute Gasteiger partial charge is 0.238 e. The second-order valence-electron chi connectivity index (χ2n) is 4.25. The molecule has 0 radical (unpaired) electrons. The van der Waals surface area contributed by atoms with Crippen molar-refractivity contribution >= 4 is 5.91 Å². The molecule has 1 atom stereocenters. The third-order valence-corrected chi connectivity index (χ3v) is 3.01. The van der Waals surface area contributed by atoms with Gasteiger partial charge in [-0.15, -0.1) is 0 Å². The molecule has 74 valence electrons. The van der Waals surface area contributed by atoms with Gasteiger partial charge in [0.1, 0.15) is 0 Å². The number of rotatable bonds is 3. The summed E-state index contributed by atoms with van der Waals surface area (Å²) in [6, 6.07) is 0. The van der Waals surface area contributed by atoms with E-state index in [4.69, 9.17) is 5.11 Å². The second-order valence-corrected chi connectivity index (χ2v) is 4.25. The highest BCUT2D eigenvalue weighted by Gasteiger charge is 2.48. The lowest BCUT2D eigenvalue weighted by molar-refractivity contribution is -0.130. The van der Waals surface area contributed by atoms with Crippen molar-refractivity contribution < 1.29 is 9.90 Å². The van der Waals surface area contributed by atoms with E-state index in [0.29, 0.717) is 18.9 Å². The van der Waals surface area contributed by atoms with E-state index in [-0.39, 0.29) is 18.1 Å². The first kappa shape index (κ1) is 8.97. The highest BCUT2D eigenvalue weighted by molar-refractivity contribution is 5.79. The van der Waals surface area contributed by atoms with Crippen molar-refractivity contribution in [2.75, 3.05) is 13.2 Å². The maximum Gasteiger partial charge on any atom is 0.238 e. The largest absolute Gasteiger partial charge is 0.394 e. The lowest BCUT2D eigenvalue weighted by atomic mass is 9.94. The quantitative estimate of drug-likeness (QED) is 0.643. The van der Waals surface area contributed by atoms with Crippen molar-refractivity contribution in [1.29, 1.82) is 0 Å². The zero-order valence-corrected chi connectivity index (χ0v) is 7.92. The van der Waals surface area contributed by atoms with Gasteiger partial charge in [-0.05, 0) is 25.7 Å². The maximum atomic E-state index is 11.5. The number of aliphatic hydroxyl groups excluding tert-OH is 1. The molecule has 1 saturated heterocycles. The van der Waals surface area contributed by atoms with Gasteiger partial charge >= 0.3 is 0 Å². The van der Waals surface area contributed by atoms with E-state index in [1.807, 2.05) is 0 Å². The molecule has 13 heavy (non-hydrogen) atoms. The zero-order chi connectivity index (χ0) is 9.47. The first-order chi connectivity index (χ1) is 6.15. The summed E-state index contributed by atoms with van der Waals surface area (Å²) < 4.78 is 0. The van der Waals surface area contributed by atoms with Crippen molar-refractivity contribution in [2.24, 2.45) is 5.92 Å². The van der Waals surface area contributed by atoms with Crippen LogP contribution in [0.5, 0.6) is 0 Å². The molecule has 0 bridgehead atoms. The number of carbonyl (C=O) groups excluding carboxylic acids is 1. The monoisotopic (exact) mass is 184 g/mol. The average molecular weight is 184 g/mol. The Morgan fingerprint density at radius 2 is 2.38 bits per heavy atom. The van der Waals surface area contributed by atoms with Gasteiger partial charge in [0, 0.05) is 12.0 Å². The first-order valence-corrected chi connectivity index (χ1v) is 4.85. The summed E-state index contributed by atoms with van der Waals surface area (Å²) in [5.41, 5.74) is 3.17. The Morgan fingerprint density at radius 3 is 2.92 bits per heavy atom. The number of amides is 1. The molecule has 4 heteroatoms. The van der Waals surface area contributed by atoms with Gasteiger partial charge in [-0.2, -0.15) is 0 Å². The molecule has 0 aromatic carbocycles. The summed E-state index contributed by atoms with van der Waals surface area (Å²) in [7, 11) is 0. The fourth-order valence-electron chi connectivity index (χ4n) is 2.06. The number of nitrogens with zero attached hydrogens (tertiary/aromatic N) is 1. The average Bonchev–Trinajstić information content (AvgIpc) is 2.82. The molecule has 4 nitrogen and oxygen atoms in total. The topological polar surface area (TPSA) is 52.6 Å². The Morgan fingerprint density at radius 1 is 1.69 bits per heavy atom. The summed E-state index contributed by atoms with van der Waals surface area (Å²) in [4.78, 5) is 11.5. The molecular formula is C9H16N2O2. The molecular weight excluding hydrogens is 168 g/mol. The Hall–Kier alpha value is -0.610. The fourth-order valence-corrected chi connectivity index (χ4v) is 2.06. The molecule has 1 saturated carbocycles. The van der Waals surface area contributed by atoms with Crippen LogP contribution in [0.4, 0.5) is 0 Å². The van der Waals surface area contributed by atoms with Gasteiger partial charge in [0.2, 0.25) is 5.91 Å². The lowest BCUT2D eigenvalue weighted by Crippen LogP contribution is -2.46. The van der Waals surface area contributed by atoms with Gasteiger partial charge in [0.15, 0.2) is 0 Å². The van der Waals surface area contributed by atoms with Gasteiger partial charge in [-0.1, -0.05) is 0 Å². The van der Waals surface area contributed by atoms with Crippen LogP contribution in [0.3, 0.4) is 0 Å². The zero-order valence-electron chi connectivity index (χ0n) is 7.92. The molecule has 1 aliphatic heterocycles. The Bertz CT molecular complexity index is 228. The van der Waals surface area contributed by atoms with E-state index in [9.17, 15) is 4.79 Å². The Kier molecular flexibility index (Phi) is 2.04. The molecule has 2 N–H and O–H groups in total. The molecule has 2 aliphatic rings. The predicted octanol–water partition coefficient (Wildman–Crippen LogP) is -0.116. The summed E-state index contributed by atoms with van der Waals surface area (Å²) in [5, 5.41) is 10.3. The van der Waals surface area contributed by atoms with Crippen LogP contribution in [-0.4, -0.2) is 34.7 Å². The molecule has 2 fully saturated rings. The summed E-state index contributed by atoms with van der Waals surface area (Å²) in [6.45, 7) is 2.53. The minimum absolute atomic E-state index is 0.0273. The van der Waals surface area contributed by atoms with Crippen molar-refractivity contribution in [1.82, 2.24) is 10.4 Å². The summed E-state index contributed by atoms with van der Waals surface area (Å²) >= 11 is 0. The summed E-state index contributed by atoms with van der Waals surface area (Å²) in [6.07, 6.45) is 3.03. The molecule has 1 unspecified atom stereocenters. The van der Waals surface area contributed by atoms with Gasteiger partial charge < -0.3 is 5.11 Å². The van der Waals surface area contributed by atoms with Crippen LogP contribution in [0, 0.1) is 5.92 Å². The van der Waals surface area contributed by atoms with E-state index in [1.165, 1.54) is 12.8 Å². The van der Waals surface area contributed by atoms with Crippen molar-refractivity contribution in [3.8, 4) is 0 Å². The number of hydrazine groups is 1. The van der Waals surface area contributed by atoms with E-state index in [0.717, 1.165) is 0 Å². The Balaban J connectivity index is 2.00. The minimum atomic E-state index is -0.0355. The minimum Gasteiger partial charge on any atom is -0.394 e. The molecule has 1 amide bonds.